The number of hydrogen-bond donors (Lipinski definition) is 1. The Hall–Kier alpha value is -1.62. The predicted octanol–water partition coefficient (Wildman–Crippen LogP) is 1.88. The second-order valence-corrected chi connectivity index (χ2v) is 3.77. The maximum absolute atomic E-state index is 10.9. The standard InChI is InChI=1S/C11H16N2O3/c1-8(12)3-4-9-5-6-10(16-2)7-11(9)13(14)15/h5-8H,3-4,12H2,1-2H3. The zero-order valence-corrected chi connectivity index (χ0v) is 9.47. The number of rotatable bonds is 5. The van der Waals surface area contributed by atoms with Gasteiger partial charge in [0.15, 0.2) is 0 Å². The van der Waals surface area contributed by atoms with Crippen molar-refractivity contribution in [2.75, 3.05) is 7.11 Å². The van der Waals surface area contributed by atoms with Gasteiger partial charge in [0.1, 0.15) is 5.75 Å². The number of nitro benzene ring substituents is 1. The van der Waals surface area contributed by atoms with Crippen LogP contribution >= 0.6 is 0 Å². The Labute approximate surface area is 94.4 Å². The molecule has 0 aliphatic rings. The summed E-state index contributed by atoms with van der Waals surface area (Å²) in [4.78, 5) is 10.5. The van der Waals surface area contributed by atoms with Gasteiger partial charge in [0, 0.05) is 11.6 Å². The molecule has 5 nitrogen and oxygen atoms in total. The van der Waals surface area contributed by atoms with E-state index in [0.717, 1.165) is 6.42 Å². The highest BCUT2D eigenvalue weighted by Gasteiger charge is 2.14. The third kappa shape index (κ3) is 3.20. The summed E-state index contributed by atoms with van der Waals surface area (Å²) >= 11 is 0. The molecule has 5 heteroatoms. The Bertz CT molecular complexity index is 377. The van der Waals surface area contributed by atoms with Crippen LogP contribution in [0.1, 0.15) is 18.9 Å². The molecule has 88 valence electrons. The number of benzene rings is 1. The summed E-state index contributed by atoms with van der Waals surface area (Å²) in [6.07, 6.45) is 1.34. The number of methoxy groups -OCH3 is 1. The Kier molecular flexibility index (Phi) is 4.25. The smallest absolute Gasteiger partial charge is 0.276 e. The third-order valence-corrected chi connectivity index (χ3v) is 2.36. The summed E-state index contributed by atoms with van der Waals surface area (Å²) in [7, 11) is 1.49. The first kappa shape index (κ1) is 12.4. The highest BCUT2D eigenvalue weighted by molar-refractivity contribution is 5.46. The van der Waals surface area contributed by atoms with Crippen LogP contribution in [0.2, 0.25) is 0 Å². The zero-order valence-electron chi connectivity index (χ0n) is 9.47. The molecule has 1 aromatic carbocycles. The largest absolute Gasteiger partial charge is 0.497 e. The predicted molar refractivity (Wildman–Crippen MR) is 61.6 cm³/mol. The van der Waals surface area contributed by atoms with E-state index in [4.69, 9.17) is 10.5 Å². The minimum absolute atomic E-state index is 0.0432. The van der Waals surface area contributed by atoms with Crippen LogP contribution in [0.4, 0.5) is 5.69 Å². The second kappa shape index (κ2) is 5.46. The van der Waals surface area contributed by atoms with E-state index >= 15 is 0 Å². The molecule has 0 bridgehead atoms. The fourth-order valence-electron chi connectivity index (χ4n) is 1.44. The minimum Gasteiger partial charge on any atom is -0.497 e. The summed E-state index contributed by atoms with van der Waals surface area (Å²) in [5, 5.41) is 10.9. The van der Waals surface area contributed by atoms with Gasteiger partial charge in [-0.05, 0) is 31.9 Å². The SMILES string of the molecule is COc1ccc(CCC(C)N)c([N+](=O)[O-])c1. The van der Waals surface area contributed by atoms with Crippen LogP contribution in [0, 0.1) is 10.1 Å². The highest BCUT2D eigenvalue weighted by Crippen LogP contribution is 2.25. The fourth-order valence-corrected chi connectivity index (χ4v) is 1.44. The van der Waals surface area contributed by atoms with Gasteiger partial charge in [0.05, 0.1) is 18.1 Å². The van der Waals surface area contributed by atoms with Crippen molar-refractivity contribution in [3.05, 3.63) is 33.9 Å². The summed E-state index contributed by atoms with van der Waals surface area (Å²) in [6, 6.07) is 4.93. The first-order valence-corrected chi connectivity index (χ1v) is 5.11. The monoisotopic (exact) mass is 224 g/mol. The van der Waals surface area contributed by atoms with E-state index in [2.05, 4.69) is 0 Å². The molecular formula is C11H16N2O3. The minimum atomic E-state index is -0.390. The second-order valence-electron chi connectivity index (χ2n) is 3.77. The quantitative estimate of drug-likeness (QED) is 0.611. The van der Waals surface area contributed by atoms with E-state index in [-0.39, 0.29) is 16.7 Å². The number of nitrogens with two attached hydrogens (primary N) is 1. The lowest BCUT2D eigenvalue weighted by molar-refractivity contribution is -0.385. The van der Waals surface area contributed by atoms with Crippen LogP contribution in [0.5, 0.6) is 5.75 Å². The van der Waals surface area contributed by atoms with Crippen LogP contribution < -0.4 is 10.5 Å². The van der Waals surface area contributed by atoms with E-state index in [1.54, 1.807) is 12.1 Å². The van der Waals surface area contributed by atoms with Gasteiger partial charge in [-0.3, -0.25) is 10.1 Å². The van der Waals surface area contributed by atoms with Crippen LogP contribution in [0.3, 0.4) is 0 Å². The molecular weight excluding hydrogens is 208 g/mol. The lowest BCUT2D eigenvalue weighted by atomic mass is 10.0. The first-order chi connectivity index (χ1) is 7.54. The molecule has 0 amide bonds. The first-order valence-electron chi connectivity index (χ1n) is 5.11. The van der Waals surface area contributed by atoms with Crippen molar-refractivity contribution >= 4 is 5.69 Å². The zero-order chi connectivity index (χ0) is 12.1. The van der Waals surface area contributed by atoms with Crippen LogP contribution in [0.25, 0.3) is 0 Å². The maximum atomic E-state index is 10.9. The topological polar surface area (TPSA) is 78.4 Å². The molecule has 1 atom stereocenters. The van der Waals surface area contributed by atoms with Gasteiger partial charge in [-0.2, -0.15) is 0 Å². The molecule has 0 fully saturated rings. The van der Waals surface area contributed by atoms with Crippen LogP contribution in [-0.2, 0) is 6.42 Å². The molecule has 0 aliphatic carbocycles. The van der Waals surface area contributed by atoms with E-state index in [9.17, 15) is 10.1 Å². The van der Waals surface area contributed by atoms with Gasteiger partial charge in [-0.25, -0.2) is 0 Å². The summed E-state index contributed by atoms with van der Waals surface area (Å²) in [5.74, 6) is 0.497. The van der Waals surface area contributed by atoms with E-state index in [1.807, 2.05) is 6.92 Å². The number of nitrogens with zero attached hydrogens (tertiary/aromatic N) is 1. The Morgan fingerprint density at radius 1 is 1.56 bits per heavy atom. The lowest BCUT2D eigenvalue weighted by Crippen LogP contribution is -2.15. The molecule has 0 aromatic heterocycles. The van der Waals surface area contributed by atoms with Crippen molar-refractivity contribution < 1.29 is 9.66 Å². The van der Waals surface area contributed by atoms with Crippen molar-refractivity contribution in [2.24, 2.45) is 5.73 Å². The molecule has 0 saturated heterocycles. The Morgan fingerprint density at radius 3 is 2.75 bits per heavy atom. The molecule has 0 radical (unpaired) electrons. The number of aryl methyl sites for hydroxylation is 1. The average molecular weight is 224 g/mol. The number of hydrogen-bond acceptors (Lipinski definition) is 4. The van der Waals surface area contributed by atoms with Crippen molar-refractivity contribution in [2.45, 2.75) is 25.8 Å². The molecule has 0 aliphatic heterocycles. The molecule has 0 heterocycles. The summed E-state index contributed by atoms with van der Waals surface area (Å²) in [6.45, 7) is 1.88. The van der Waals surface area contributed by atoms with E-state index < -0.39 is 0 Å². The van der Waals surface area contributed by atoms with Crippen LogP contribution in [-0.4, -0.2) is 18.1 Å². The third-order valence-electron chi connectivity index (χ3n) is 2.36. The van der Waals surface area contributed by atoms with Gasteiger partial charge in [0.25, 0.3) is 5.69 Å². The van der Waals surface area contributed by atoms with Crippen molar-refractivity contribution in [3.8, 4) is 5.75 Å². The number of ether oxygens (including phenoxy) is 1. The molecule has 1 unspecified atom stereocenters. The van der Waals surface area contributed by atoms with Gasteiger partial charge in [-0.15, -0.1) is 0 Å². The Morgan fingerprint density at radius 2 is 2.25 bits per heavy atom. The van der Waals surface area contributed by atoms with E-state index in [0.29, 0.717) is 17.7 Å². The molecule has 1 rings (SSSR count). The van der Waals surface area contributed by atoms with Crippen molar-refractivity contribution in [3.63, 3.8) is 0 Å². The van der Waals surface area contributed by atoms with Crippen molar-refractivity contribution in [1.82, 2.24) is 0 Å². The van der Waals surface area contributed by atoms with Crippen molar-refractivity contribution in [1.29, 1.82) is 0 Å². The molecule has 16 heavy (non-hydrogen) atoms. The molecule has 1 aromatic rings. The Balaban J connectivity index is 2.94. The van der Waals surface area contributed by atoms with Gasteiger partial charge in [-0.1, -0.05) is 0 Å². The normalized spacial score (nSPS) is 12.2. The van der Waals surface area contributed by atoms with Gasteiger partial charge >= 0.3 is 0 Å². The average Bonchev–Trinajstić information content (AvgIpc) is 2.25. The summed E-state index contributed by atoms with van der Waals surface area (Å²) < 4.78 is 4.96. The lowest BCUT2D eigenvalue weighted by Gasteiger charge is -2.07. The highest BCUT2D eigenvalue weighted by atomic mass is 16.6. The van der Waals surface area contributed by atoms with Gasteiger partial charge < -0.3 is 10.5 Å². The number of nitro groups is 1. The fraction of sp³-hybridized carbons (Fsp3) is 0.455. The summed E-state index contributed by atoms with van der Waals surface area (Å²) in [5.41, 5.74) is 6.42. The van der Waals surface area contributed by atoms with Crippen LogP contribution in [0.15, 0.2) is 18.2 Å². The maximum Gasteiger partial charge on any atom is 0.276 e. The molecule has 0 saturated carbocycles. The molecule has 2 N–H and O–H groups in total. The molecule has 0 spiro atoms. The van der Waals surface area contributed by atoms with E-state index in [1.165, 1.54) is 13.2 Å². The van der Waals surface area contributed by atoms with Gasteiger partial charge in [0.2, 0.25) is 0 Å².